The molecule has 2 rings (SSSR count). The monoisotopic (exact) mass is 353 g/mol. The van der Waals surface area contributed by atoms with Crippen LogP contribution in [0.3, 0.4) is 0 Å². The van der Waals surface area contributed by atoms with E-state index in [1.54, 1.807) is 24.3 Å². The van der Waals surface area contributed by atoms with E-state index in [4.69, 9.17) is 11.6 Å². The minimum Gasteiger partial charge on any atom is -0.507 e. The van der Waals surface area contributed by atoms with Gasteiger partial charge >= 0.3 is 0 Å². The van der Waals surface area contributed by atoms with Gasteiger partial charge in [-0.3, -0.25) is 4.79 Å². The molecule has 5 nitrogen and oxygen atoms in total. The summed E-state index contributed by atoms with van der Waals surface area (Å²) in [5.41, 5.74) is 3.31. The number of benzene rings is 1. The number of hydrazone groups is 1. The summed E-state index contributed by atoms with van der Waals surface area (Å²) in [6.07, 6.45) is 2.95. The Morgan fingerprint density at radius 2 is 2.25 bits per heavy atom. The number of aromatic nitrogens is 1. The molecule has 0 aliphatic rings. The number of rotatable bonds is 3. The molecule has 0 aliphatic heterocycles. The van der Waals surface area contributed by atoms with E-state index >= 15 is 0 Å². The quantitative estimate of drug-likeness (QED) is 0.505. The molecule has 0 spiro atoms. The Hall–Kier alpha value is -1.92. The SMILES string of the molecule is O=C(N/N=C/c1ccc(O)c(Br)c1)c1cccnc1Cl. The van der Waals surface area contributed by atoms with Crippen LogP contribution in [0.5, 0.6) is 5.75 Å². The largest absolute Gasteiger partial charge is 0.507 e. The Morgan fingerprint density at radius 3 is 2.95 bits per heavy atom. The lowest BCUT2D eigenvalue weighted by molar-refractivity contribution is 0.0955. The summed E-state index contributed by atoms with van der Waals surface area (Å²) in [4.78, 5) is 15.6. The zero-order chi connectivity index (χ0) is 14.5. The molecule has 2 aromatic rings. The summed E-state index contributed by atoms with van der Waals surface area (Å²) in [5.74, 6) is -0.314. The fraction of sp³-hybridized carbons (Fsp3) is 0. The molecule has 7 heteroatoms. The number of aromatic hydroxyl groups is 1. The van der Waals surface area contributed by atoms with Gasteiger partial charge in [-0.1, -0.05) is 11.6 Å². The first kappa shape index (κ1) is 14.5. The Morgan fingerprint density at radius 1 is 1.45 bits per heavy atom. The topological polar surface area (TPSA) is 74.6 Å². The van der Waals surface area contributed by atoms with Gasteiger partial charge in [0.05, 0.1) is 16.3 Å². The molecule has 1 heterocycles. The van der Waals surface area contributed by atoms with Gasteiger partial charge < -0.3 is 5.11 Å². The van der Waals surface area contributed by atoms with E-state index in [0.717, 1.165) is 0 Å². The van der Waals surface area contributed by atoms with E-state index in [2.05, 4.69) is 31.4 Å². The van der Waals surface area contributed by atoms with Gasteiger partial charge in [0, 0.05) is 6.20 Å². The summed E-state index contributed by atoms with van der Waals surface area (Å²) in [5, 5.41) is 13.3. The first-order valence-corrected chi connectivity index (χ1v) is 6.67. The Bertz CT molecular complexity index is 676. The summed E-state index contributed by atoms with van der Waals surface area (Å²) in [7, 11) is 0. The minimum absolute atomic E-state index is 0.118. The maximum absolute atomic E-state index is 11.8. The predicted molar refractivity (Wildman–Crippen MR) is 80.1 cm³/mol. The highest BCUT2D eigenvalue weighted by atomic mass is 79.9. The standard InChI is InChI=1S/C13H9BrClN3O2/c14-10-6-8(3-4-11(10)19)7-17-18-13(20)9-2-1-5-16-12(9)15/h1-7,19H,(H,18,20)/b17-7+. The molecule has 0 saturated heterocycles. The zero-order valence-corrected chi connectivity index (χ0v) is 12.4. The van der Waals surface area contributed by atoms with Crippen LogP contribution in [-0.2, 0) is 0 Å². The zero-order valence-electron chi connectivity index (χ0n) is 10.0. The van der Waals surface area contributed by atoms with Crippen molar-refractivity contribution < 1.29 is 9.90 Å². The summed E-state index contributed by atoms with van der Waals surface area (Å²) in [6.45, 7) is 0. The van der Waals surface area contributed by atoms with Crippen LogP contribution >= 0.6 is 27.5 Å². The van der Waals surface area contributed by atoms with E-state index in [1.165, 1.54) is 18.5 Å². The van der Waals surface area contributed by atoms with Crippen LogP contribution in [0.15, 0.2) is 46.1 Å². The number of phenols is 1. The number of nitrogens with zero attached hydrogens (tertiary/aromatic N) is 2. The van der Waals surface area contributed by atoms with Crippen molar-refractivity contribution in [2.45, 2.75) is 0 Å². The number of amides is 1. The van der Waals surface area contributed by atoms with Crippen molar-refractivity contribution in [2.24, 2.45) is 5.10 Å². The summed E-state index contributed by atoms with van der Waals surface area (Å²) < 4.78 is 0.545. The van der Waals surface area contributed by atoms with Crippen LogP contribution in [0, 0.1) is 0 Å². The lowest BCUT2D eigenvalue weighted by Crippen LogP contribution is -2.18. The molecule has 0 fully saturated rings. The van der Waals surface area contributed by atoms with Crippen molar-refractivity contribution >= 4 is 39.7 Å². The van der Waals surface area contributed by atoms with Gasteiger partial charge in [-0.25, -0.2) is 10.4 Å². The Kier molecular flexibility index (Phi) is 4.70. The second-order valence-electron chi connectivity index (χ2n) is 3.75. The average molecular weight is 355 g/mol. The predicted octanol–water partition coefficient (Wildman–Crippen LogP) is 2.97. The highest BCUT2D eigenvalue weighted by molar-refractivity contribution is 9.10. The fourth-order valence-corrected chi connectivity index (χ4v) is 1.99. The van der Waals surface area contributed by atoms with Crippen molar-refractivity contribution in [3.05, 3.63) is 57.3 Å². The molecule has 102 valence electrons. The third-order valence-corrected chi connectivity index (χ3v) is 3.29. The molecule has 0 aliphatic carbocycles. The van der Waals surface area contributed by atoms with Gasteiger partial charge in [0.2, 0.25) is 0 Å². The van der Waals surface area contributed by atoms with Gasteiger partial charge in [-0.15, -0.1) is 0 Å². The van der Waals surface area contributed by atoms with Crippen LogP contribution < -0.4 is 5.43 Å². The highest BCUT2D eigenvalue weighted by Crippen LogP contribution is 2.23. The molecular formula is C13H9BrClN3O2. The van der Waals surface area contributed by atoms with Crippen molar-refractivity contribution in [1.29, 1.82) is 0 Å². The van der Waals surface area contributed by atoms with Crippen LogP contribution in [0.2, 0.25) is 5.15 Å². The summed E-state index contributed by atoms with van der Waals surface area (Å²) >= 11 is 8.98. The average Bonchev–Trinajstić information content (AvgIpc) is 2.43. The molecule has 1 aromatic heterocycles. The molecule has 0 atom stereocenters. The number of nitrogens with one attached hydrogen (secondary N) is 1. The molecule has 0 unspecified atom stereocenters. The van der Waals surface area contributed by atoms with Crippen LogP contribution in [0.1, 0.15) is 15.9 Å². The second kappa shape index (κ2) is 6.49. The highest BCUT2D eigenvalue weighted by Gasteiger charge is 2.09. The third kappa shape index (κ3) is 3.55. The van der Waals surface area contributed by atoms with E-state index in [1.807, 2.05) is 0 Å². The molecule has 0 saturated carbocycles. The van der Waals surface area contributed by atoms with Crippen LogP contribution in [0.4, 0.5) is 0 Å². The van der Waals surface area contributed by atoms with Gasteiger partial charge in [0.1, 0.15) is 10.9 Å². The normalized spacial score (nSPS) is 10.7. The maximum atomic E-state index is 11.8. The maximum Gasteiger partial charge on any atom is 0.274 e. The van der Waals surface area contributed by atoms with E-state index in [9.17, 15) is 9.90 Å². The molecule has 0 bridgehead atoms. The second-order valence-corrected chi connectivity index (χ2v) is 4.96. The first-order chi connectivity index (χ1) is 9.58. The summed E-state index contributed by atoms with van der Waals surface area (Å²) in [6, 6.07) is 8.01. The van der Waals surface area contributed by atoms with Crippen molar-refractivity contribution in [3.8, 4) is 5.75 Å². The van der Waals surface area contributed by atoms with Gasteiger partial charge in [-0.05, 0) is 51.8 Å². The van der Waals surface area contributed by atoms with E-state index < -0.39 is 5.91 Å². The van der Waals surface area contributed by atoms with Crippen molar-refractivity contribution in [2.75, 3.05) is 0 Å². The number of hydrogen-bond donors (Lipinski definition) is 2. The van der Waals surface area contributed by atoms with Crippen molar-refractivity contribution in [1.82, 2.24) is 10.4 Å². The number of hydrogen-bond acceptors (Lipinski definition) is 4. The number of carbonyl (C=O) groups excluding carboxylic acids is 1. The Labute approximate surface area is 128 Å². The Balaban J connectivity index is 2.05. The third-order valence-electron chi connectivity index (χ3n) is 2.36. The van der Waals surface area contributed by atoms with Crippen LogP contribution in [-0.4, -0.2) is 22.2 Å². The smallest absolute Gasteiger partial charge is 0.274 e. The molecule has 2 N–H and O–H groups in total. The lowest BCUT2D eigenvalue weighted by Gasteiger charge is -2.01. The minimum atomic E-state index is -0.447. The van der Waals surface area contributed by atoms with E-state index in [0.29, 0.717) is 10.0 Å². The number of pyridine rings is 1. The molecule has 20 heavy (non-hydrogen) atoms. The van der Waals surface area contributed by atoms with E-state index in [-0.39, 0.29) is 16.5 Å². The number of halogens is 2. The molecule has 1 aromatic carbocycles. The molecular weight excluding hydrogens is 346 g/mol. The first-order valence-electron chi connectivity index (χ1n) is 5.50. The number of carbonyl (C=O) groups is 1. The molecule has 1 amide bonds. The van der Waals surface area contributed by atoms with Crippen LogP contribution in [0.25, 0.3) is 0 Å². The van der Waals surface area contributed by atoms with Gasteiger partial charge in [-0.2, -0.15) is 5.10 Å². The lowest BCUT2D eigenvalue weighted by atomic mass is 10.2. The molecule has 0 radical (unpaired) electrons. The van der Waals surface area contributed by atoms with Crippen molar-refractivity contribution in [3.63, 3.8) is 0 Å². The number of phenolic OH excluding ortho intramolecular Hbond substituents is 1. The van der Waals surface area contributed by atoms with Gasteiger partial charge in [0.25, 0.3) is 5.91 Å². The van der Waals surface area contributed by atoms with Gasteiger partial charge in [0.15, 0.2) is 0 Å². The fourth-order valence-electron chi connectivity index (χ4n) is 1.38.